The molecule has 0 heterocycles. The highest BCUT2D eigenvalue weighted by atomic mass is 16.5. The molecular weight excluding hydrogens is 444 g/mol. The van der Waals surface area contributed by atoms with Crippen LogP contribution in [0.1, 0.15) is 55.5 Å². The third-order valence-electron chi connectivity index (χ3n) is 6.01. The molecule has 1 aliphatic carbocycles. The van der Waals surface area contributed by atoms with Gasteiger partial charge in [0.25, 0.3) is 11.8 Å². The van der Waals surface area contributed by atoms with Crippen LogP contribution in [0.25, 0.3) is 0 Å². The highest BCUT2D eigenvalue weighted by molar-refractivity contribution is 6.37. The molecular formula is C28H34N2O5. The number of amides is 2. The second-order valence-corrected chi connectivity index (χ2v) is 9.56. The van der Waals surface area contributed by atoms with E-state index in [4.69, 9.17) is 4.74 Å². The lowest BCUT2D eigenvalue weighted by atomic mass is 9.86. The van der Waals surface area contributed by atoms with Gasteiger partial charge in [-0.3, -0.25) is 19.2 Å². The van der Waals surface area contributed by atoms with E-state index < -0.39 is 23.7 Å². The number of ether oxygens (including phenoxy) is 1. The van der Waals surface area contributed by atoms with Gasteiger partial charge < -0.3 is 15.4 Å². The molecule has 2 amide bonds. The van der Waals surface area contributed by atoms with Crippen molar-refractivity contribution in [1.29, 1.82) is 0 Å². The summed E-state index contributed by atoms with van der Waals surface area (Å²) in [5, 5.41) is 5.58. The van der Waals surface area contributed by atoms with E-state index in [0.717, 1.165) is 18.4 Å². The minimum Gasteiger partial charge on any atom is -0.497 e. The molecule has 1 fully saturated rings. The van der Waals surface area contributed by atoms with Gasteiger partial charge in [0.1, 0.15) is 5.75 Å². The average Bonchev–Trinajstić information content (AvgIpc) is 3.67. The first kappa shape index (κ1) is 26.1. The molecule has 0 bridgehead atoms. The predicted molar refractivity (Wildman–Crippen MR) is 133 cm³/mol. The Bertz CT molecular complexity index is 1050. The second kappa shape index (κ2) is 12.3. The van der Waals surface area contributed by atoms with Gasteiger partial charge in [-0.05, 0) is 55.4 Å². The summed E-state index contributed by atoms with van der Waals surface area (Å²) in [5.74, 6) is -2.00. The molecule has 0 saturated heterocycles. The minimum absolute atomic E-state index is 0.0513. The van der Waals surface area contributed by atoms with E-state index in [9.17, 15) is 19.2 Å². The van der Waals surface area contributed by atoms with Crippen molar-refractivity contribution >= 4 is 23.4 Å². The number of carbonyl (C=O) groups excluding carboxylic acids is 4. The standard InChI is InChI=1S/C28H34N2O5/c1-18(2)14-24(30-27(33)20-10-7-11-23(16-20)35-3)25(31)17-21(15-19-8-5-4-6-9-19)26(32)28(34)29-22-12-13-22/h4-11,16,18,21-22,24H,12-15,17H2,1-3H3,(H,29,34)(H,30,33)/t21-,24+/m1/s1. The number of ketones is 2. The van der Waals surface area contributed by atoms with Crippen LogP contribution in [-0.4, -0.2) is 42.6 Å². The van der Waals surface area contributed by atoms with Crippen molar-refractivity contribution in [2.75, 3.05) is 7.11 Å². The lowest BCUT2D eigenvalue weighted by molar-refractivity contribution is -0.141. The summed E-state index contributed by atoms with van der Waals surface area (Å²) in [6.45, 7) is 3.93. The Labute approximate surface area is 206 Å². The third-order valence-corrected chi connectivity index (χ3v) is 6.01. The van der Waals surface area contributed by atoms with Crippen LogP contribution in [0.5, 0.6) is 5.75 Å². The molecule has 2 N–H and O–H groups in total. The predicted octanol–water partition coefficient (Wildman–Crippen LogP) is 3.51. The molecule has 1 aliphatic rings. The molecule has 2 aromatic carbocycles. The van der Waals surface area contributed by atoms with Crippen LogP contribution in [0.15, 0.2) is 54.6 Å². The molecule has 0 aromatic heterocycles. The van der Waals surface area contributed by atoms with E-state index in [1.54, 1.807) is 24.3 Å². The first-order chi connectivity index (χ1) is 16.8. The maximum atomic E-state index is 13.4. The Morgan fingerprint density at radius 3 is 2.34 bits per heavy atom. The molecule has 3 rings (SSSR count). The SMILES string of the molecule is COc1cccc(C(=O)N[C@@H](CC(C)C)C(=O)C[C@@H](Cc2ccccc2)C(=O)C(=O)NC2CC2)c1. The topological polar surface area (TPSA) is 102 Å². The van der Waals surface area contributed by atoms with Gasteiger partial charge in [-0.25, -0.2) is 0 Å². The number of hydrogen-bond acceptors (Lipinski definition) is 5. The highest BCUT2D eigenvalue weighted by Crippen LogP contribution is 2.21. The normalized spacial score (nSPS) is 14.6. The maximum Gasteiger partial charge on any atom is 0.287 e. The van der Waals surface area contributed by atoms with Crippen molar-refractivity contribution in [3.05, 3.63) is 65.7 Å². The van der Waals surface area contributed by atoms with Gasteiger partial charge in [0.2, 0.25) is 5.78 Å². The van der Waals surface area contributed by atoms with Crippen LogP contribution >= 0.6 is 0 Å². The number of nitrogens with one attached hydrogen (secondary N) is 2. The molecule has 0 radical (unpaired) electrons. The van der Waals surface area contributed by atoms with E-state index in [2.05, 4.69) is 10.6 Å². The first-order valence-corrected chi connectivity index (χ1v) is 12.1. The van der Waals surface area contributed by atoms with E-state index in [-0.39, 0.29) is 36.5 Å². The van der Waals surface area contributed by atoms with Crippen molar-refractivity contribution in [1.82, 2.24) is 10.6 Å². The fraction of sp³-hybridized carbons (Fsp3) is 0.429. The maximum absolute atomic E-state index is 13.4. The van der Waals surface area contributed by atoms with Gasteiger partial charge in [0.15, 0.2) is 5.78 Å². The largest absolute Gasteiger partial charge is 0.497 e. The molecule has 186 valence electrons. The Balaban J connectivity index is 1.76. The zero-order valence-corrected chi connectivity index (χ0v) is 20.6. The number of benzene rings is 2. The first-order valence-electron chi connectivity index (χ1n) is 12.1. The Morgan fingerprint density at radius 2 is 1.71 bits per heavy atom. The molecule has 7 heteroatoms. The smallest absolute Gasteiger partial charge is 0.287 e. The Kier molecular flexibility index (Phi) is 9.18. The molecule has 2 atom stereocenters. The summed E-state index contributed by atoms with van der Waals surface area (Å²) in [6.07, 6.45) is 2.32. The zero-order chi connectivity index (χ0) is 25.4. The van der Waals surface area contributed by atoms with Gasteiger partial charge in [0, 0.05) is 23.9 Å². The second-order valence-electron chi connectivity index (χ2n) is 9.56. The Hall–Kier alpha value is -3.48. The lowest BCUT2D eigenvalue weighted by Gasteiger charge is -2.22. The summed E-state index contributed by atoms with van der Waals surface area (Å²) in [7, 11) is 1.52. The Morgan fingerprint density at radius 1 is 1.00 bits per heavy atom. The number of Topliss-reactive ketones (excluding diaryl/α,β-unsaturated/α-hetero) is 2. The van der Waals surface area contributed by atoms with Crippen molar-refractivity contribution in [3.63, 3.8) is 0 Å². The van der Waals surface area contributed by atoms with Gasteiger partial charge in [-0.1, -0.05) is 50.2 Å². The summed E-state index contributed by atoms with van der Waals surface area (Å²) in [6, 6.07) is 15.3. The van der Waals surface area contributed by atoms with E-state index in [1.807, 2.05) is 44.2 Å². The van der Waals surface area contributed by atoms with Crippen LogP contribution < -0.4 is 15.4 Å². The van der Waals surface area contributed by atoms with Crippen LogP contribution in [0.3, 0.4) is 0 Å². The summed E-state index contributed by atoms with van der Waals surface area (Å²) in [5.41, 5.74) is 1.25. The monoisotopic (exact) mass is 478 g/mol. The third kappa shape index (κ3) is 8.05. The molecule has 35 heavy (non-hydrogen) atoms. The molecule has 7 nitrogen and oxygen atoms in total. The molecule has 0 unspecified atom stereocenters. The van der Waals surface area contributed by atoms with Crippen LogP contribution in [-0.2, 0) is 20.8 Å². The highest BCUT2D eigenvalue weighted by Gasteiger charge is 2.34. The van der Waals surface area contributed by atoms with Crippen molar-refractivity contribution < 1.29 is 23.9 Å². The number of rotatable bonds is 13. The summed E-state index contributed by atoms with van der Waals surface area (Å²) in [4.78, 5) is 51.9. The molecule has 0 spiro atoms. The number of hydrogen-bond donors (Lipinski definition) is 2. The van der Waals surface area contributed by atoms with Gasteiger partial charge >= 0.3 is 0 Å². The lowest BCUT2D eigenvalue weighted by Crippen LogP contribution is -2.44. The van der Waals surface area contributed by atoms with Gasteiger partial charge in [-0.2, -0.15) is 0 Å². The van der Waals surface area contributed by atoms with E-state index >= 15 is 0 Å². The van der Waals surface area contributed by atoms with Gasteiger partial charge in [-0.15, -0.1) is 0 Å². The van der Waals surface area contributed by atoms with Crippen molar-refractivity contribution in [2.45, 2.75) is 58.0 Å². The number of methoxy groups -OCH3 is 1. The average molecular weight is 479 g/mol. The summed E-state index contributed by atoms with van der Waals surface area (Å²) < 4.78 is 5.19. The molecule has 0 aliphatic heterocycles. The number of carbonyl (C=O) groups is 4. The van der Waals surface area contributed by atoms with Gasteiger partial charge in [0.05, 0.1) is 13.2 Å². The molecule has 2 aromatic rings. The van der Waals surface area contributed by atoms with Crippen LogP contribution in [0.4, 0.5) is 0 Å². The minimum atomic E-state index is -0.799. The van der Waals surface area contributed by atoms with Crippen LogP contribution in [0, 0.1) is 11.8 Å². The fourth-order valence-electron chi connectivity index (χ4n) is 3.96. The van der Waals surface area contributed by atoms with Crippen molar-refractivity contribution in [3.8, 4) is 5.75 Å². The molecule has 1 saturated carbocycles. The fourth-order valence-corrected chi connectivity index (χ4v) is 3.96. The summed E-state index contributed by atoms with van der Waals surface area (Å²) >= 11 is 0. The van der Waals surface area contributed by atoms with Crippen molar-refractivity contribution in [2.24, 2.45) is 11.8 Å². The van der Waals surface area contributed by atoms with E-state index in [0.29, 0.717) is 17.7 Å². The quantitative estimate of drug-likeness (QED) is 0.429. The zero-order valence-electron chi connectivity index (χ0n) is 20.6. The van der Waals surface area contributed by atoms with E-state index in [1.165, 1.54) is 7.11 Å². The van der Waals surface area contributed by atoms with Crippen LogP contribution in [0.2, 0.25) is 0 Å².